The first-order valence-corrected chi connectivity index (χ1v) is 6.12. The molecule has 2 unspecified atom stereocenters. The van der Waals surface area contributed by atoms with Crippen LogP contribution in [0.15, 0.2) is 4.99 Å². The maximum absolute atomic E-state index is 10.4. The van der Waals surface area contributed by atoms with Gasteiger partial charge in [-0.05, 0) is 49.9 Å². The number of guanidine groups is 1. The summed E-state index contributed by atoms with van der Waals surface area (Å²) in [4.78, 5) is 4.47. The molecule has 4 fully saturated rings. The maximum atomic E-state index is 10.4. The smallest absolute Gasteiger partial charge is 0.203 e. The number of nitrogens with zero attached hydrogens (tertiary/aromatic N) is 1. The molecule has 0 aromatic rings. The third-order valence-electron chi connectivity index (χ3n) is 4.63. The molecule has 0 heterocycles. The predicted octanol–water partition coefficient (Wildman–Crippen LogP) is -0.296. The fourth-order valence-electron chi connectivity index (χ4n) is 4.36. The van der Waals surface area contributed by atoms with Gasteiger partial charge in [0.1, 0.15) is 0 Å². The van der Waals surface area contributed by atoms with Crippen LogP contribution in [0.3, 0.4) is 0 Å². The van der Waals surface area contributed by atoms with Crippen LogP contribution < -0.4 is 17.0 Å². The van der Waals surface area contributed by atoms with E-state index in [1.165, 1.54) is 12.8 Å². The summed E-state index contributed by atoms with van der Waals surface area (Å²) >= 11 is 0. The second-order valence-corrected chi connectivity index (χ2v) is 5.84. The molecule has 5 nitrogen and oxygen atoms in total. The molecule has 2 atom stereocenters. The minimum Gasteiger partial charge on any atom is -0.390 e. The Kier molecular flexibility index (Phi) is 2.16. The van der Waals surface area contributed by atoms with E-state index in [1.807, 2.05) is 0 Å². The molecule has 4 saturated carbocycles. The number of hydrazine groups is 1. The molecule has 0 saturated heterocycles. The van der Waals surface area contributed by atoms with Gasteiger partial charge in [-0.1, -0.05) is 0 Å². The minimum atomic E-state index is -0.395. The van der Waals surface area contributed by atoms with Crippen molar-refractivity contribution >= 4 is 5.96 Å². The van der Waals surface area contributed by atoms with Gasteiger partial charge in [0.25, 0.3) is 0 Å². The molecule has 0 aromatic heterocycles. The van der Waals surface area contributed by atoms with E-state index in [1.54, 1.807) is 0 Å². The summed E-state index contributed by atoms with van der Waals surface area (Å²) in [6.07, 6.45) is 5.19. The highest BCUT2D eigenvalue weighted by Crippen LogP contribution is 2.56. The Hall–Kier alpha value is -0.810. The molecule has 4 aliphatic rings. The van der Waals surface area contributed by atoms with Crippen molar-refractivity contribution in [2.75, 3.05) is 0 Å². The Bertz CT molecular complexity index is 314. The lowest BCUT2D eigenvalue weighted by molar-refractivity contribution is -0.132. The fraction of sp³-hybridized carbons (Fsp3) is 0.909. The molecule has 4 bridgehead atoms. The van der Waals surface area contributed by atoms with E-state index in [2.05, 4.69) is 10.4 Å². The molecule has 0 spiro atoms. The molecule has 0 radical (unpaired) electrons. The van der Waals surface area contributed by atoms with Gasteiger partial charge >= 0.3 is 0 Å². The van der Waals surface area contributed by atoms with Gasteiger partial charge in [-0.25, -0.2) is 10.8 Å². The quantitative estimate of drug-likeness (QED) is 0.213. The SMILES string of the molecule is NNC(N)=NC1C2CC3CC1CC(O)(C3)C2. The summed E-state index contributed by atoms with van der Waals surface area (Å²) in [6.45, 7) is 0. The van der Waals surface area contributed by atoms with Crippen molar-refractivity contribution in [1.82, 2.24) is 5.43 Å². The molecule has 90 valence electrons. The summed E-state index contributed by atoms with van der Waals surface area (Å²) in [5.74, 6) is 7.29. The Morgan fingerprint density at radius 3 is 2.38 bits per heavy atom. The van der Waals surface area contributed by atoms with Gasteiger partial charge in [0, 0.05) is 0 Å². The normalized spacial score (nSPS) is 50.8. The number of nitrogens with one attached hydrogen (secondary N) is 1. The van der Waals surface area contributed by atoms with Crippen LogP contribution in [0.25, 0.3) is 0 Å². The zero-order valence-electron chi connectivity index (χ0n) is 9.39. The average molecular weight is 224 g/mol. The van der Waals surface area contributed by atoms with E-state index in [9.17, 15) is 5.11 Å². The topological polar surface area (TPSA) is 96.7 Å². The summed E-state index contributed by atoms with van der Waals surface area (Å²) < 4.78 is 0. The van der Waals surface area contributed by atoms with Crippen LogP contribution in [0.2, 0.25) is 0 Å². The number of hydrogen-bond acceptors (Lipinski definition) is 3. The monoisotopic (exact) mass is 224 g/mol. The van der Waals surface area contributed by atoms with Crippen molar-refractivity contribution in [2.24, 2.45) is 34.3 Å². The first-order valence-electron chi connectivity index (χ1n) is 6.12. The first kappa shape index (κ1) is 10.4. The van der Waals surface area contributed by atoms with E-state index in [0.29, 0.717) is 23.7 Å². The molecule has 4 rings (SSSR count). The Balaban J connectivity index is 1.84. The van der Waals surface area contributed by atoms with Gasteiger partial charge in [-0.3, -0.25) is 5.43 Å². The molecule has 16 heavy (non-hydrogen) atoms. The zero-order valence-corrected chi connectivity index (χ0v) is 9.39. The van der Waals surface area contributed by atoms with Crippen molar-refractivity contribution in [3.05, 3.63) is 0 Å². The summed E-state index contributed by atoms with van der Waals surface area (Å²) in [5.41, 5.74) is 7.64. The van der Waals surface area contributed by atoms with Gasteiger partial charge in [0.15, 0.2) is 0 Å². The van der Waals surface area contributed by atoms with Gasteiger partial charge in [0.2, 0.25) is 5.96 Å². The largest absolute Gasteiger partial charge is 0.390 e. The molecular formula is C11H20N4O. The molecular weight excluding hydrogens is 204 g/mol. The van der Waals surface area contributed by atoms with Gasteiger partial charge in [-0.15, -0.1) is 0 Å². The number of rotatable bonds is 1. The van der Waals surface area contributed by atoms with Crippen LogP contribution in [0, 0.1) is 17.8 Å². The number of aliphatic hydroxyl groups is 1. The molecule has 0 aliphatic heterocycles. The van der Waals surface area contributed by atoms with E-state index in [-0.39, 0.29) is 6.04 Å². The van der Waals surface area contributed by atoms with Crippen molar-refractivity contribution in [3.8, 4) is 0 Å². The molecule has 5 heteroatoms. The van der Waals surface area contributed by atoms with E-state index in [4.69, 9.17) is 11.6 Å². The van der Waals surface area contributed by atoms with Gasteiger partial charge < -0.3 is 10.8 Å². The van der Waals surface area contributed by atoms with Crippen molar-refractivity contribution in [1.29, 1.82) is 0 Å². The van der Waals surface area contributed by atoms with Crippen LogP contribution in [-0.2, 0) is 0 Å². The lowest BCUT2D eigenvalue weighted by Gasteiger charge is -2.56. The van der Waals surface area contributed by atoms with Crippen LogP contribution >= 0.6 is 0 Å². The first-order chi connectivity index (χ1) is 7.59. The van der Waals surface area contributed by atoms with Crippen molar-refractivity contribution < 1.29 is 5.11 Å². The summed E-state index contributed by atoms with van der Waals surface area (Å²) in [5, 5.41) is 10.4. The Morgan fingerprint density at radius 2 is 1.88 bits per heavy atom. The molecule has 6 N–H and O–H groups in total. The number of hydrogen-bond donors (Lipinski definition) is 4. The third kappa shape index (κ3) is 1.50. The number of nitrogens with two attached hydrogens (primary N) is 2. The Labute approximate surface area is 95.3 Å². The van der Waals surface area contributed by atoms with E-state index in [0.717, 1.165) is 19.3 Å². The third-order valence-corrected chi connectivity index (χ3v) is 4.63. The van der Waals surface area contributed by atoms with Gasteiger partial charge in [-0.2, -0.15) is 0 Å². The second kappa shape index (κ2) is 3.34. The van der Waals surface area contributed by atoms with E-state index >= 15 is 0 Å². The maximum Gasteiger partial charge on any atom is 0.203 e. The molecule has 0 amide bonds. The minimum absolute atomic E-state index is 0.271. The average Bonchev–Trinajstić information content (AvgIpc) is 2.20. The summed E-state index contributed by atoms with van der Waals surface area (Å²) in [6, 6.07) is 0.271. The van der Waals surface area contributed by atoms with Crippen LogP contribution in [0.4, 0.5) is 0 Å². The lowest BCUT2D eigenvalue weighted by atomic mass is 9.52. The highest BCUT2D eigenvalue weighted by Gasteiger charge is 2.54. The Morgan fingerprint density at radius 1 is 1.25 bits per heavy atom. The van der Waals surface area contributed by atoms with E-state index < -0.39 is 5.60 Å². The van der Waals surface area contributed by atoms with Crippen LogP contribution in [0.5, 0.6) is 0 Å². The highest BCUT2D eigenvalue weighted by molar-refractivity contribution is 5.77. The van der Waals surface area contributed by atoms with Gasteiger partial charge in [0.05, 0.1) is 11.6 Å². The molecule has 4 aliphatic carbocycles. The fourth-order valence-corrected chi connectivity index (χ4v) is 4.36. The number of aliphatic imine (C=N–C) groups is 1. The van der Waals surface area contributed by atoms with Crippen LogP contribution in [0.1, 0.15) is 32.1 Å². The lowest BCUT2D eigenvalue weighted by Crippen LogP contribution is -2.57. The van der Waals surface area contributed by atoms with Crippen LogP contribution in [-0.4, -0.2) is 22.7 Å². The summed E-state index contributed by atoms with van der Waals surface area (Å²) in [7, 11) is 0. The van der Waals surface area contributed by atoms with Crippen molar-refractivity contribution in [2.45, 2.75) is 43.7 Å². The highest BCUT2D eigenvalue weighted by atomic mass is 16.3. The van der Waals surface area contributed by atoms with Crippen molar-refractivity contribution in [3.63, 3.8) is 0 Å². The second-order valence-electron chi connectivity index (χ2n) is 5.84. The standard InChI is InChI=1S/C11H20N4O/c12-10(15-13)14-9-7-1-6-2-8(9)5-11(16,3-6)4-7/h6-9,16H,1-5,13H2,(H3,12,14,15). The predicted molar refractivity (Wildman–Crippen MR) is 61.2 cm³/mol. The molecule has 0 aromatic carbocycles. The zero-order chi connectivity index (χ0) is 11.3.